The van der Waals surface area contributed by atoms with E-state index in [1.807, 2.05) is 25.1 Å². The molecule has 0 radical (unpaired) electrons. The summed E-state index contributed by atoms with van der Waals surface area (Å²) in [6, 6.07) is 5.63. The van der Waals surface area contributed by atoms with Gasteiger partial charge in [0, 0.05) is 4.47 Å². The fourth-order valence-electron chi connectivity index (χ4n) is 1.01. The Kier molecular flexibility index (Phi) is 3.77. The molecule has 0 aliphatic rings. The summed E-state index contributed by atoms with van der Waals surface area (Å²) in [7, 11) is 0. The van der Waals surface area contributed by atoms with Gasteiger partial charge in [0.25, 0.3) is 0 Å². The zero-order valence-electron chi connectivity index (χ0n) is 7.49. The highest BCUT2D eigenvalue weighted by molar-refractivity contribution is 9.10. The van der Waals surface area contributed by atoms with Gasteiger partial charge in [0.2, 0.25) is 0 Å². The standard InChI is InChI=1S/C10H9BrO2S/c1-6-4-8(11)3-2-7(6)5-9(14)10(12)13/h2-5,14H,1H3,(H,12,13). The van der Waals surface area contributed by atoms with Gasteiger partial charge in [-0.25, -0.2) is 4.79 Å². The molecule has 2 nitrogen and oxygen atoms in total. The van der Waals surface area contributed by atoms with Gasteiger partial charge in [-0.3, -0.25) is 0 Å². The maximum absolute atomic E-state index is 10.5. The normalized spacial score (nSPS) is 11.5. The molecule has 0 atom stereocenters. The molecule has 0 amide bonds. The molecule has 0 saturated heterocycles. The molecule has 1 rings (SSSR count). The van der Waals surface area contributed by atoms with E-state index in [2.05, 4.69) is 28.6 Å². The van der Waals surface area contributed by atoms with Crippen LogP contribution in [0.15, 0.2) is 27.6 Å². The van der Waals surface area contributed by atoms with Gasteiger partial charge < -0.3 is 5.11 Å². The highest BCUT2D eigenvalue weighted by Gasteiger charge is 2.02. The molecule has 14 heavy (non-hydrogen) atoms. The number of aliphatic carboxylic acids is 1. The molecule has 0 aliphatic heterocycles. The van der Waals surface area contributed by atoms with Crippen LogP contribution >= 0.6 is 28.6 Å². The smallest absolute Gasteiger partial charge is 0.341 e. The number of hydrogen-bond acceptors (Lipinski definition) is 2. The van der Waals surface area contributed by atoms with E-state index in [0.29, 0.717) is 0 Å². The maximum Gasteiger partial charge on any atom is 0.341 e. The number of carboxylic acid groups (broad SMARTS) is 1. The Morgan fingerprint density at radius 1 is 1.57 bits per heavy atom. The minimum Gasteiger partial charge on any atom is -0.477 e. The summed E-state index contributed by atoms with van der Waals surface area (Å²) >= 11 is 7.19. The van der Waals surface area contributed by atoms with E-state index in [-0.39, 0.29) is 4.91 Å². The molecule has 0 unspecified atom stereocenters. The highest BCUT2D eigenvalue weighted by atomic mass is 79.9. The van der Waals surface area contributed by atoms with Crippen LogP contribution in [0.25, 0.3) is 6.08 Å². The third-order valence-electron chi connectivity index (χ3n) is 1.74. The van der Waals surface area contributed by atoms with Crippen molar-refractivity contribution in [2.24, 2.45) is 0 Å². The van der Waals surface area contributed by atoms with Crippen molar-refractivity contribution in [3.05, 3.63) is 38.7 Å². The summed E-state index contributed by atoms with van der Waals surface area (Å²) in [4.78, 5) is 10.6. The molecule has 1 N–H and O–H groups in total. The van der Waals surface area contributed by atoms with Crippen LogP contribution in [0.3, 0.4) is 0 Å². The average molecular weight is 273 g/mol. The van der Waals surface area contributed by atoms with E-state index in [1.165, 1.54) is 6.08 Å². The molecule has 0 bridgehead atoms. The van der Waals surface area contributed by atoms with Crippen molar-refractivity contribution in [3.8, 4) is 0 Å². The number of benzene rings is 1. The maximum atomic E-state index is 10.5. The van der Waals surface area contributed by atoms with Crippen molar-refractivity contribution in [1.29, 1.82) is 0 Å². The quantitative estimate of drug-likeness (QED) is 0.641. The first-order valence-corrected chi connectivity index (χ1v) is 5.15. The second kappa shape index (κ2) is 4.66. The zero-order chi connectivity index (χ0) is 10.7. The number of rotatable bonds is 2. The second-order valence-corrected chi connectivity index (χ2v) is 4.23. The van der Waals surface area contributed by atoms with Crippen molar-refractivity contribution in [1.82, 2.24) is 0 Å². The lowest BCUT2D eigenvalue weighted by molar-refractivity contribution is -0.131. The molecule has 0 fully saturated rings. The SMILES string of the molecule is Cc1cc(Br)ccc1C=C(S)C(=O)O. The molecule has 74 valence electrons. The first kappa shape index (κ1) is 11.3. The Bertz CT molecular complexity index is 399. The molecule has 0 aromatic heterocycles. The van der Waals surface area contributed by atoms with Crippen LogP contribution in [0, 0.1) is 6.92 Å². The fraction of sp³-hybridized carbons (Fsp3) is 0.100. The molecular formula is C10H9BrO2S. The largest absolute Gasteiger partial charge is 0.477 e. The highest BCUT2D eigenvalue weighted by Crippen LogP contribution is 2.19. The molecule has 1 aromatic carbocycles. The molecule has 4 heteroatoms. The van der Waals surface area contributed by atoms with Crippen molar-refractivity contribution >= 4 is 40.6 Å². The van der Waals surface area contributed by atoms with Gasteiger partial charge >= 0.3 is 5.97 Å². The van der Waals surface area contributed by atoms with Crippen molar-refractivity contribution in [3.63, 3.8) is 0 Å². The Morgan fingerprint density at radius 3 is 2.71 bits per heavy atom. The average Bonchev–Trinajstić information content (AvgIpc) is 2.09. The van der Waals surface area contributed by atoms with Gasteiger partial charge in [0.05, 0.1) is 4.91 Å². The summed E-state index contributed by atoms with van der Waals surface area (Å²) in [6.45, 7) is 1.92. The molecule has 1 aromatic rings. The number of hydrogen-bond donors (Lipinski definition) is 2. The summed E-state index contributed by atoms with van der Waals surface area (Å²) in [5.41, 5.74) is 1.87. The number of halogens is 1. The van der Waals surface area contributed by atoms with Crippen molar-refractivity contribution in [2.75, 3.05) is 0 Å². The number of carboxylic acids is 1. The topological polar surface area (TPSA) is 37.3 Å². The van der Waals surface area contributed by atoms with Gasteiger partial charge in [0.1, 0.15) is 0 Å². The number of carbonyl (C=O) groups is 1. The van der Waals surface area contributed by atoms with E-state index in [0.717, 1.165) is 15.6 Å². The molecule has 0 heterocycles. The van der Waals surface area contributed by atoms with Gasteiger partial charge in [0.15, 0.2) is 0 Å². The van der Waals surface area contributed by atoms with Crippen LogP contribution in [0.2, 0.25) is 0 Å². The van der Waals surface area contributed by atoms with Crippen molar-refractivity contribution < 1.29 is 9.90 Å². The van der Waals surface area contributed by atoms with Crippen molar-refractivity contribution in [2.45, 2.75) is 6.92 Å². The van der Waals surface area contributed by atoms with Gasteiger partial charge in [-0.15, -0.1) is 12.6 Å². The van der Waals surface area contributed by atoms with E-state index in [4.69, 9.17) is 5.11 Å². The minimum absolute atomic E-state index is 0.0374. The van der Waals surface area contributed by atoms with Gasteiger partial charge in [-0.1, -0.05) is 22.0 Å². The zero-order valence-corrected chi connectivity index (χ0v) is 9.97. The van der Waals surface area contributed by atoms with Crippen LogP contribution in [0.4, 0.5) is 0 Å². The summed E-state index contributed by atoms with van der Waals surface area (Å²) in [6.07, 6.45) is 1.53. The monoisotopic (exact) mass is 272 g/mol. The second-order valence-electron chi connectivity index (χ2n) is 2.84. The predicted octanol–water partition coefficient (Wildman–Crippen LogP) is 3.11. The van der Waals surface area contributed by atoms with Crippen LogP contribution < -0.4 is 0 Å². The first-order valence-electron chi connectivity index (χ1n) is 3.91. The Balaban J connectivity index is 3.09. The van der Waals surface area contributed by atoms with Gasteiger partial charge in [-0.2, -0.15) is 0 Å². The van der Waals surface area contributed by atoms with E-state index >= 15 is 0 Å². The van der Waals surface area contributed by atoms with Crippen LogP contribution in [-0.2, 0) is 4.79 Å². The Labute approximate surface area is 96.2 Å². The lowest BCUT2D eigenvalue weighted by atomic mass is 10.1. The lowest BCUT2D eigenvalue weighted by Crippen LogP contribution is -1.93. The number of aryl methyl sites for hydroxylation is 1. The lowest BCUT2D eigenvalue weighted by Gasteiger charge is -2.01. The summed E-state index contributed by atoms with van der Waals surface area (Å²) in [5.74, 6) is -1.02. The van der Waals surface area contributed by atoms with E-state index in [1.54, 1.807) is 0 Å². The molecular weight excluding hydrogens is 264 g/mol. The third-order valence-corrected chi connectivity index (χ3v) is 2.56. The van der Waals surface area contributed by atoms with E-state index < -0.39 is 5.97 Å². The summed E-state index contributed by atoms with van der Waals surface area (Å²) in [5, 5.41) is 8.63. The number of thiol groups is 1. The molecule has 0 aliphatic carbocycles. The summed E-state index contributed by atoms with van der Waals surface area (Å²) < 4.78 is 0.975. The van der Waals surface area contributed by atoms with Crippen LogP contribution in [0.1, 0.15) is 11.1 Å². The minimum atomic E-state index is -1.02. The molecule has 0 spiro atoms. The Hall–Kier alpha value is -0.740. The molecule has 0 saturated carbocycles. The van der Waals surface area contributed by atoms with Gasteiger partial charge in [-0.05, 0) is 36.3 Å². The first-order chi connectivity index (χ1) is 6.50. The van der Waals surface area contributed by atoms with Crippen LogP contribution in [-0.4, -0.2) is 11.1 Å². The van der Waals surface area contributed by atoms with Crippen LogP contribution in [0.5, 0.6) is 0 Å². The fourth-order valence-corrected chi connectivity index (χ4v) is 1.62. The van der Waals surface area contributed by atoms with E-state index in [9.17, 15) is 4.79 Å². The third kappa shape index (κ3) is 2.89. The predicted molar refractivity (Wildman–Crippen MR) is 63.5 cm³/mol. The Morgan fingerprint density at radius 2 is 2.21 bits per heavy atom.